The Morgan fingerprint density at radius 2 is 1.12 bits per heavy atom. The Morgan fingerprint density at radius 1 is 0.559 bits per heavy atom. The number of anilines is 1. The Hall–Kier alpha value is -4.01. The van der Waals surface area contributed by atoms with Crippen molar-refractivity contribution < 1.29 is 4.74 Å². The number of nitrogen functional groups attached to an aromatic ring is 1. The highest BCUT2D eigenvalue weighted by Crippen LogP contribution is 2.63. The third kappa shape index (κ3) is 2.41. The summed E-state index contributed by atoms with van der Waals surface area (Å²) in [5.41, 5.74) is 15.5. The van der Waals surface area contributed by atoms with Crippen molar-refractivity contribution in [2.24, 2.45) is 0 Å². The molecule has 34 heavy (non-hydrogen) atoms. The summed E-state index contributed by atoms with van der Waals surface area (Å²) in [6, 6.07) is 37.7. The van der Waals surface area contributed by atoms with Gasteiger partial charge in [-0.2, -0.15) is 0 Å². The second-order valence-electron chi connectivity index (χ2n) is 8.87. The van der Waals surface area contributed by atoms with Crippen LogP contribution in [-0.2, 0) is 5.41 Å². The number of hydrogen-bond donors (Lipinski definition) is 1. The fourth-order valence-electron chi connectivity index (χ4n) is 5.85. The quantitative estimate of drug-likeness (QED) is 0.253. The van der Waals surface area contributed by atoms with Crippen LogP contribution >= 0.6 is 11.6 Å². The number of hydrogen-bond acceptors (Lipinski definition) is 2. The second kappa shape index (κ2) is 6.99. The number of rotatable bonds is 1. The lowest BCUT2D eigenvalue weighted by Gasteiger charge is -2.40. The topological polar surface area (TPSA) is 35.2 Å². The predicted molar refractivity (Wildman–Crippen MR) is 139 cm³/mol. The van der Waals surface area contributed by atoms with Crippen molar-refractivity contribution in [3.8, 4) is 33.8 Å². The maximum Gasteiger partial charge on any atom is 0.150 e. The van der Waals surface area contributed by atoms with Crippen molar-refractivity contribution in [3.63, 3.8) is 0 Å². The molecule has 5 aromatic carbocycles. The molecule has 0 radical (unpaired) electrons. The maximum absolute atomic E-state index is 6.80. The molecule has 1 spiro atoms. The predicted octanol–water partition coefficient (Wildman–Crippen LogP) is 8.06. The molecule has 0 saturated carbocycles. The molecular weight excluding hydrogens is 438 g/mol. The molecule has 0 fully saturated rings. The van der Waals surface area contributed by atoms with Crippen LogP contribution in [0, 0.1) is 0 Å². The van der Waals surface area contributed by atoms with Crippen LogP contribution in [0.2, 0.25) is 5.02 Å². The van der Waals surface area contributed by atoms with Gasteiger partial charge in [-0.05, 0) is 46.0 Å². The summed E-state index contributed by atoms with van der Waals surface area (Å²) in [7, 11) is 0. The molecule has 1 aliphatic carbocycles. The molecule has 1 aliphatic heterocycles. The largest absolute Gasteiger partial charge is 0.454 e. The number of halogens is 1. The molecule has 3 heteroatoms. The SMILES string of the molecule is Nc1cccc(-c2cccc3c2Oc2c(Cl)cccc2C32c3ccccc3-c3ccccc32)c1. The third-order valence-corrected chi connectivity index (χ3v) is 7.44. The minimum absolute atomic E-state index is 0.530. The molecule has 0 aromatic heterocycles. The highest BCUT2D eigenvalue weighted by atomic mass is 35.5. The lowest BCUT2D eigenvalue weighted by molar-refractivity contribution is 0.438. The molecular formula is C31H20ClNO. The summed E-state index contributed by atoms with van der Waals surface area (Å²) in [4.78, 5) is 0. The van der Waals surface area contributed by atoms with Gasteiger partial charge in [-0.1, -0.05) is 103 Å². The van der Waals surface area contributed by atoms with Crippen molar-refractivity contribution >= 4 is 17.3 Å². The van der Waals surface area contributed by atoms with Gasteiger partial charge in [0.25, 0.3) is 0 Å². The number of fused-ring (bicyclic) bond motifs is 9. The van der Waals surface area contributed by atoms with E-state index in [0.717, 1.165) is 33.7 Å². The summed E-state index contributed by atoms with van der Waals surface area (Å²) in [6.07, 6.45) is 0. The van der Waals surface area contributed by atoms with Crippen LogP contribution in [-0.4, -0.2) is 0 Å². The number of ether oxygens (including phenoxy) is 1. The Kier molecular flexibility index (Phi) is 4.00. The second-order valence-corrected chi connectivity index (χ2v) is 9.27. The third-order valence-electron chi connectivity index (χ3n) is 7.14. The Morgan fingerprint density at radius 3 is 1.82 bits per heavy atom. The van der Waals surface area contributed by atoms with Gasteiger partial charge < -0.3 is 10.5 Å². The fraction of sp³-hybridized carbons (Fsp3) is 0.0323. The first-order valence-electron chi connectivity index (χ1n) is 11.4. The summed E-state index contributed by atoms with van der Waals surface area (Å²) < 4.78 is 6.68. The Labute approximate surface area is 203 Å². The van der Waals surface area contributed by atoms with E-state index in [-0.39, 0.29) is 0 Å². The molecule has 0 saturated heterocycles. The van der Waals surface area contributed by atoms with E-state index in [0.29, 0.717) is 10.8 Å². The van der Waals surface area contributed by atoms with Crippen molar-refractivity contribution in [2.45, 2.75) is 5.41 Å². The van der Waals surface area contributed by atoms with E-state index in [2.05, 4.69) is 78.9 Å². The number of benzene rings is 5. The molecule has 5 aromatic rings. The van der Waals surface area contributed by atoms with Crippen LogP contribution in [0.1, 0.15) is 22.3 Å². The van der Waals surface area contributed by atoms with Gasteiger partial charge in [0.15, 0.2) is 5.75 Å². The molecule has 2 aliphatic rings. The molecule has 0 unspecified atom stereocenters. The molecule has 0 atom stereocenters. The lowest BCUT2D eigenvalue weighted by Crippen LogP contribution is -2.32. The highest BCUT2D eigenvalue weighted by Gasteiger charge is 2.51. The maximum atomic E-state index is 6.80. The van der Waals surface area contributed by atoms with Crippen LogP contribution in [0.5, 0.6) is 11.5 Å². The van der Waals surface area contributed by atoms with Crippen LogP contribution in [0.25, 0.3) is 22.3 Å². The summed E-state index contributed by atoms with van der Waals surface area (Å²) in [5.74, 6) is 1.53. The molecule has 1 heterocycles. The zero-order valence-electron chi connectivity index (χ0n) is 18.3. The van der Waals surface area contributed by atoms with E-state index >= 15 is 0 Å². The van der Waals surface area contributed by atoms with Gasteiger partial charge in [-0.3, -0.25) is 0 Å². The monoisotopic (exact) mass is 457 g/mol. The molecule has 2 N–H and O–H groups in total. The van der Waals surface area contributed by atoms with Crippen LogP contribution in [0.15, 0.2) is 109 Å². The van der Waals surface area contributed by atoms with Gasteiger partial charge in [0.05, 0.1) is 10.4 Å². The van der Waals surface area contributed by atoms with E-state index in [1.165, 1.54) is 22.3 Å². The van der Waals surface area contributed by atoms with E-state index in [1.54, 1.807) is 0 Å². The highest BCUT2D eigenvalue weighted by molar-refractivity contribution is 6.32. The Bertz CT molecular complexity index is 1570. The van der Waals surface area contributed by atoms with Crippen molar-refractivity contribution in [2.75, 3.05) is 5.73 Å². The average molecular weight is 458 g/mol. The lowest BCUT2D eigenvalue weighted by atomic mass is 9.65. The smallest absolute Gasteiger partial charge is 0.150 e. The fourth-order valence-corrected chi connectivity index (χ4v) is 6.06. The van der Waals surface area contributed by atoms with E-state index in [9.17, 15) is 0 Å². The van der Waals surface area contributed by atoms with Crippen molar-refractivity contribution in [3.05, 3.63) is 136 Å². The summed E-state index contributed by atoms with van der Waals surface area (Å²) in [5, 5.41) is 0.603. The first kappa shape index (κ1) is 19.5. The molecule has 0 bridgehead atoms. The van der Waals surface area contributed by atoms with Crippen molar-refractivity contribution in [1.29, 1.82) is 0 Å². The summed E-state index contributed by atoms with van der Waals surface area (Å²) >= 11 is 6.80. The minimum Gasteiger partial charge on any atom is -0.454 e. The standard InChI is InChI=1S/C31H20ClNO/c32-28-17-7-16-27-30(28)34-29-21(19-8-5-9-20(33)18-19)12-6-15-26(29)31(27)24-13-3-1-10-22(24)23-11-2-4-14-25(23)31/h1-18H,33H2. The minimum atomic E-state index is -0.530. The van der Waals surface area contributed by atoms with Gasteiger partial charge in [0.1, 0.15) is 5.75 Å². The summed E-state index contributed by atoms with van der Waals surface area (Å²) in [6.45, 7) is 0. The van der Waals surface area contributed by atoms with E-state index in [4.69, 9.17) is 22.1 Å². The number of nitrogens with two attached hydrogens (primary N) is 1. The molecule has 162 valence electrons. The Balaban J connectivity index is 1.66. The van der Waals surface area contributed by atoms with Crippen LogP contribution < -0.4 is 10.5 Å². The van der Waals surface area contributed by atoms with E-state index in [1.807, 2.05) is 30.3 Å². The number of para-hydroxylation sites is 2. The average Bonchev–Trinajstić information content (AvgIpc) is 3.16. The van der Waals surface area contributed by atoms with Crippen LogP contribution in [0.3, 0.4) is 0 Å². The molecule has 7 rings (SSSR count). The van der Waals surface area contributed by atoms with E-state index < -0.39 is 5.41 Å². The normalized spacial score (nSPS) is 14.0. The van der Waals surface area contributed by atoms with Crippen molar-refractivity contribution in [1.82, 2.24) is 0 Å². The van der Waals surface area contributed by atoms with Gasteiger partial charge in [-0.25, -0.2) is 0 Å². The van der Waals surface area contributed by atoms with Gasteiger partial charge >= 0.3 is 0 Å². The van der Waals surface area contributed by atoms with Gasteiger partial charge in [0.2, 0.25) is 0 Å². The first-order chi connectivity index (χ1) is 16.7. The van der Waals surface area contributed by atoms with Gasteiger partial charge in [-0.15, -0.1) is 0 Å². The van der Waals surface area contributed by atoms with Crippen LogP contribution in [0.4, 0.5) is 5.69 Å². The van der Waals surface area contributed by atoms with Gasteiger partial charge in [0, 0.05) is 22.4 Å². The zero-order chi connectivity index (χ0) is 22.9. The molecule has 2 nitrogen and oxygen atoms in total. The first-order valence-corrected chi connectivity index (χ1v) is 11.7. The molecule has 0 amide bonds. The zero-order valence-corrected chi connectivity index (χ0v) is 19.0.